The van der Waals surface area contributed by atoms with Crippen LogP contribution in [0.2, 0.25) is 5.02 Å². The van der Waals surface area contributed by atoms with E-state index in [1.165, 1.54) is 24.3 Å². The van der Waals surface area contributed by atoms with E-state index in [1.807, 2.05) is 20.8 Å². The lowest BCUT2D eigenvalue weighted by molar-refractivity contribution is 0.600. The number of hydrogen-bond acceptors (Lipinski definition) is 6. The summed E-state index contributed by atoms with van der Waals surface area (Å²) in [5, 5.41) is 3.31. The molecule has 0 fully saturated rings. The fourth-order valence-corrected chi connectivity index (χ4v) is 2.71. The van der Waals surface area contributed by atoms with Crippen molar-refractivity contribution in [3.05, 3.63) is 39.8 Å². The Balaban J connectivity index is 2.32. The minimum absolute atomic E-state index is 0.00769. The van der Waals surface area contributed by atoms with Crippen LogP contribution in [0.5, 0.6) is 0 Å². The van der Waals surface area contributed by atoms with Gasteiger partial charge in [0, 0.05) is 10.6 Å². The molecule has 0 aliphatic heterocycles. The van der Waals surface area contributed by atoms with E-state index >= 15 is 0 Å². The van der Waals surface area contributed by atoms with Crippen LogP contribution in [0.1, 0.15) is 20.8 Å². The van der Waals surface area contributed by atoms with E-state index in [9.17, 15) is 13.2 Å². The van der Waals surface area contributed by atoms with Crippen molar-refractivity contribution in [1.82, 2.24) is 15.0 Å². The molecule has 1 aromatic heterocycles. The Kier molecular flexibility index (Phi) is 4.62. The molecule has 0 bridgehead atoms. The van der Waals surface area contributed by atoms with Crippen molar-refractivity contribution in [2.75, 3.05) is 10.0 Å². The highest BCUT2D eigenvalue weighted by molar-refractivity contribution is 7.92. The van der Waals surface area contributed by atoms with Gasteiger partial charge in [0.05, 0.1) is 4.90 Å². The number of rotatable bonds is 4. The van der Waals surface area contributed by atoms with Crippen LogP contribution in [0.15, 0.2) is 34.0 Å². The molecule has 1 heterocycles. The number of anilines is 2. The number of aromatic amines is 1. The first-order valence-electron chi connectivity index (χ1n) is 6.60. The summed E-state index contributed by atoms with van der Waals surface area (Å²) in [5.74, 6) is -0.207. The maximum Gasteiger partial charge on any atom is 0.351 e. The van der Waals surface area contributed by atoms with Gasteiger partial charge in [-0.25, -0.2) is 17.9 Å². The monoisotopic (exact) mass is 357 g/mol. The van der Waals surface area contributed by atoms with Gasteiger partial charge in [0.1, 0.15) is 0 Å². The first-order chi connectivity index (χ1) is 10.5. The number of benzene rings is 1. The fraction of sp³-hybridized carbons (Fsp3) is 0.308. The molecule has 0 aliphatic carbocycles. The molecule has 0 saturated carbocycles. The summed E-state index contributed by atoms with van der Waals surface area (Å²) in [5.41, 5.74) is -1.11. The summed E-state index contributed by atoms with van der Waals surface area (Å²) < 4.78 is 26.7. The Bertz CT molecular complexity index is 856. The quantitative estimate of drug-likeness (QED) is 0.768. The molecule has 0 atom stereocenters. The molecule has 8 nitrogen and oxygen atoms in total. The van der Waals surface area contributed by atoms with E-state index in [1.54, 1.807) is 0 Å². The molecule has 1 aromatic carbocycles. The minimum atomic E-state index is -3.90. The standard InChI is InChI=1S/C13H16ClN5O3S/c1-13(2,3)18-10-15-11(17-12(20)16-10)19-23(21,22)9-6-4-8(14)5-7-9/h4-7H,1-3H3,(H3,15,16,17,18,19,20). The third-order valence-corrected chi connectivity index (χ3v) is 4.10. The third kappa shape index (κ3) is 4.93. The van der Waals surface area contributed by atoms with Crippen LogP contribution >= 0.6 is 11.6 Å². The van der Waals surface area contributed by atoms with Crippen LogP contribution in [-0.4, -0.2) is 28.9 Å². The summed E-state index contributed by atoms with van der Waals surface area (Å²) >= 11 is 5.73. The van der Waals surface area contributed by atoms with E-state index < -0.39 is 15.7 Å². The van der Waals surface area contributed by atoms with Crippen molar-refractivity contribution >= 4 is 33.5 Å². The molecule has 0 aliphatic rings. The van der Waals surface area contributed by atoms with Crippen LogP contribution < -0.4 is 15.7 Å². The highest BCUT2D eigenvalue weighted by Crippen LogP contribution is 2.16. The highest BCUT2D eigenvalue weighted by atomic mass is 35.5. The molecule has 0 spiro atoms. The Labute approximate surface area is 138 Å². The summed E-state index contributed by atoms with van der Waals surface area (Å²) in [7, 11) is -3.90. The number of hydrogen-bond donors (Lipinski definition) is 3. The first-order valence-corrected chi connectivity index (χ1v) is 8.46. The van der Waals surface area contributed by atoms with Crippen molar-refractivity contribution in [2.24, 2.45) is 0 Å². The molecule has 0 amide bonds. The van der Waals surface area contributed by atoms with E-state index in [2.05, 4.69) is 25.0 Å². The van der Waals surface area contributed by atoms with Gasteiger partial charge in [0.2, 0.25) is 11.9 Å². The zero-order valence-corrected chi connectivity index (χ0v) is 14.3. The second-order valence-corrected chi connectivity index (χ2v) is 7.88. The van der Waals surface area contributed by atoms with Crippen molar-refractivity contribution < 1.29 is 8.42 Å². The maximum absolute atomic E-state index is 12.3. The fourth-order valence-electron chi connectivity index (χ4n) is 1.62. The Hall–Kier alpha value is -2.13. The number of sulfonamides is 1. The van der Waals surface area contributed by atoms with E-state index in [0.29, 0.717) is 5.02 Å². The molecular formula is C13H16ClN5O3S. The molecular weight excluding hydrogens is 342 g/mol. The van der Waals surface area contributed by atoms with Crippen molar-refractivity contribution in [3.63, 3.8) is 0 Å². The topological polar surface area (TPSA) is 117 Å². The third-order valence-electron chi connectivity index (χ3n) is 2.49. The molecule has 2 aromatic rings. The highest BCUT2D eigenvalue weighted by Gasteiger charge is 2.17. The molecule has 124 valence electrons. The largest absolute Gasteiger partial charge is 0.351 e. The molecule has 10 heteroatoms. The van der Waals surface area contributed by atoms with Gasteiger partial charge >= 0.3 is 5.69 Å². The predicted molar refractivity (Wildman–Crippen MR) is 88.3 cm³/mol. The zero-order valence-electron chi connectivity index (χ0n) is 12.7. The van der Waals surface area contributed by atoms with Gasteiger partial charge in [0.25, 0.3) is 10.0 Å². The van der Waals surface area contributed by atoms with Gasteiger partial charge in [-0.2, -0.15) is 9.97 Å². The molecule has 0 saturated heterocycles. The van der Waals surface area contributed by atoms with Crippen LogP contribution in [0.4, 0.5) is 11.9 Å². The Morgan fingerprint density at radius 2 is 1.74 bits per heavy atom. The summed E-state index contributed by atoms with van der Waals surface area (Å²) in [6, 6.07) is 5.59. The molecule has 0 unspecified atom stereocenters. The number of nitrogens with zero attached hydrogens (tertiary/aromatic N) is 2. The average molecular weight is 358 g/mol. The molecule has 3 N–H and O–H groups in total. The maximum atomic E-state index is 12.3. The Morgan fingerprint density at radius 3 is 2.30 bits per heavy atom. The second-order valence-electron chi connectivity index (χ2n) is 5.76. The number of aromatic nitrogens is 3. The van der Waals surface area contributed by atoms with Crippen LogP contribution in [0.3, 0.4) is 0 Å². The second kappa shape index (κ2) is 6.17. The van der Waals surface area contributed by atoms with Gasteiger partial charge in [-0.05, 0) is 45.0 Å². The molecule has 23 heavy (non-hydrogen) atoms. The van der Waals surface area contributed by atoms with E-state index in [0.717, 1.165) is 0 Å². The van der Waals surface area contributed by atoms with E-state index in [4.69, 9.17) is 11.6 Å². The van der Waals surface area contributed by atoms with Crippen molar-refractivity contribution in [1.29, 1.82) is 0 Å². The predicted octanol–water partition coefficient (Wildman–Crippen LogP) is 1.83. The summed E-state index contributed by atoms with van der Waals surface area (Å²) in [6.45, 7) is 5.57. The van der Waals surface area contributed by atoms with Crippen LogP contribution in [0, 0.1) is 0 Å². The number of H-pyrrole nitrogens is 1. The van der Waals surface area contributed by atoms with Gasteiger partial charge in [-0.1, -0.05) is 11.6 Å². The van der Waals surface area contributed by atoms with E-state index in [-0.39, 0.29) is 22.3 Å². The molecule has 2 rings (SSSR count). The lowest BCUT2D eigenvalue weighted by Crippen LogP contribution is -2.30. The number of halogens is 1. The lowest BCUT2D eigenvalue weighted by Gasteiger charge is -2.20. The first kappa shape index (κ1) is 17.2. The average Bonchev–Trinajstić information content (AvgIpc) is 2.35. The zero-order chi connectivity index (χ0) is 17.3. The van der Waals surface area contributed by atoms with Crippen molar-refractivity contribution in [3.8, 4) is 0 Å². The van der Waals surface area contributed by atoms with Gasteiger partial charge in [0.15, 0.2) is 0 Å². The smallest absolute Gasteiger partial charge is 0.349 e. The molecule has 0 radical (unpaired) electrons. The Morgan fingerprint density at radius 1 is 1.13 bits per heavy atom. The normalized spacial score (nSPS) is 12.0. The van der Waals surface area contributed by atoms with Crippen LogP contribution in [0.25, 0.3) is 0 Å². The minimum Gasteiger partial charge on any atom is -0.349 e. The summed E-state index contributed by atoms with van der Waals surface area (Å²) in [4.78, 5) is 21.4. The van der Waals surface area contributed by atoms with Crippen molar-refractivity contribution in [2.45, 2.75) is 31.2 Å². The lowest BCUT2D eigenvalue weighted by atomic mass is 10.1. The van der Waals surface area contributed by atoms with Gasteiger partial charge in [-0.3, -0.25) is 4.98 Å². The van der Waals surface area contributed by atoms with Gasteiger partial charge < -0.3 is 5.32 Å². The summed E-state index contributed by atoms with van der Waals surface area (Å²) in [6.07, 6.45) is 0. The SMILES string of the molecule is CC(C)(C)Nc1nc(NS(=O)(=O)c2ccc(Cl)cc2)[nH]c(=O)n1. The number of nitrogens with one attached hydrogen (secondary N) is 3. The van der Waals surface area contributed by atoms with Gasteiger partial charge in [-0.15, -0.1) is 0 Å². The van der Waals surface area contributed by atoms with Crippen LogP contribution in [-0.2, 0) is 10.0 Å².